The minimum atomic E-state index is 0.680. The van der Waals surface area contributed by atoms with Crippen LogP contribution in [-0.2, 0) is 0 Å². The Morgan fingerprint density at radius 1 is 0.371 bits per heavy atom. The fourth-order valence-electron chi connectivity index (χ4n) is 8.69. The van der Waals surface area contributed by atoms with Crippen molar-refractivity contribution >= 4 is 53.4 Å². The molecule has 0 unspecified atom stereocenters. The maximum absolute atomic E-state index is 6.71. The van der Waals surface area contributed by atoms with Crippen molar-refractivity contribution in [3.05, 3.63) is 213 Å². The molecule has 0 aliphatic rings. The van der Waals surface area contributed by atoms with Crippen molar-refractivity contribution in [1.29, 1.82) is 0 Å². The SMILES string of the molecule is c1ccc(-c2cc(-c3ccc(-c4ccc(-c5ccc6c(c5)sc5ccccc56)c5oc6ccccc6c45)cc3)nc(-c3ccc(-c4ccc(-c5cccnc5)cc4)cc3)n2)cc1. The molecule has 0 saturated carbocycles. The molecule has 0 amide bonds. The molecule has 4 nitrogen and oxygen atoms in total. The Balaban J connectivity index is 0.906. The quantitative estimate of drug-likeness (QED) is 0.161. The Morgan fingerprint density at radius 2 is 0.935 bits per heavy atom. The first-order valence-electron chi connectivity index (χ1n) is 20.7. The zero-order valence-corrected chi connectivity index (χ0v) is 34.2. The van der Waals surface area contributed by atoms with Gasteiger partial charge >= 0.3 is 0 Å². The number of thiophene rings is 1. The van der Waals surface area contributed by atoms with Crippen LogP contribution >= 0.6 is 11.3 Å². The number of para-hydroxylation sites is 1. The van der Waals surface area contributed by atoms with E-state index in [9.17, 15) is 0 Å². The smallest absolute Gasteiger partial charge is 0.160 e. The summed E-state index contributed by atoms with van der Waals surface area (Å²) in [6, 6.07) is 70.6. The maximum Gasteiger partial charge on any atom is 0.160 e. The van der Waals surface area contributed by atoms with Crippen LogP contribution in [0.3, 0.4) is 0 Å². The van der Waals surface area contributed by atoms with Crippen LogP contribution in [0.1, 0.15) is 0 Å². The molecule has 0 aliphatic carbocycles. The van der Waals surface area contributed by atoms with Gasteiger partial charge < -0.3 is 4.42 Å². The lowest BCUT2D eigenvalue weighted by Crippen LogP contribution is -1.96. The summed E-state index contributed by atoms with van der Waals surface area (Å²) >= 11 is 1.84. The third-order valence-electron chi connectivity index (χ3n) is 11.9. The van der Waals surface area contributed by atoms with Gasteiger partial charge in [-0.15, -0.1) is 11.3 Å². The highest BCUT2D eigenvalue weighted by Crippen LogP contribution is 2.44. The first-order valence-corrected chi connectivity index (χ1v) is 21.5. The number of pyridine rings is 1. The summed E-state index contributed by atoms with van der Waals surface area (Å²) in [6.45, 7) is 0. The standard InChI is InChI=1S/C57H35N3OS/c1-2-9-40(10-3-1)50-34-51(60-57(59-50)42-26-20-37(21-27-42)36-16-18-38(19-17-36)44-11-8-32-58-35-44)41-24-22-39(23-25-41)45-30-31-46(56-55(45)49-13-4-6-14-52(49)61-56)43-28-29-48-47-12-5-7-15-53(47)62-54(48)33-43/h1-35H. The van der Waals surface area contributed by atoms with Crippen LogP contribution < -0.4 is 0 Å². The van der Waals surface area contributed by atoms with Crippen molar-refractivity contribution < 1.29 is 4.42 Å². The lowest BCUT2D eigenvalue weighted by molar-refractivity contribution is 0.670. The van der Waals surface area contributed by atoms with Crippen molar-refractivity contribution in [1.82, 2.24) is 15.0 Å². The van der Waals surface area contributed by atoms with Gasteiger partial charge in [0.15, 0.2) is 5.82 Å². The Morgan fingerprint density at radius 3 is 1.68 bits per heavy atom. The zero-order chi connectivity index (χ0) is 41.0. The Hall–Kier alpha value is -7.99. The summed E-state index contributed by atoms with van der Waals surface area (Å²) in [4.78, 5) is 14.6. The summed E-state index contributed by atoms with van der Waals surface area (Å²) < 4.78 is 9.29. The van der Waals surface area contributed by atoms with Crippen molar-refractivity contribution in [2.45, 2.75) is 0 Å². The van der Waals surface area contributed by atoms with E-state index in [0.29, 0.717) is 5.82 Å². The molecule has 8 aromatic carbocycles. The molecule has 0 N–H and O–H groups in total. The molecule has 0 atom stereocenters. The van der Waals surface area contributed by atoms with E-state index < -0.39 is 0 Å². The molecule has 290 valence electrons. The monoisotopic (exact) mass is 809 g/mol. The highest BCUT2D eigenvalue weighted by Gasteiger charge is 2.19. The van der Waals surface area contributed by atoms with Gasteiger partial charge in [-0.3, -0.25) is 4.98 Å². The van der Waals surface area contributed by atoms with Gasteiger partial charge in [0.25, 0.3) is 0 Å². The molecule has 0 fully saturated rings. The average Bonchev–Trinajstić information content (AvgIpc) is 3.93. The summed E-state index contributed by atoms with van der Waals surface area (Å²) in [7, 11) is 0. The van der Waals surface area contributed by atoms with Crippen LogP contribution in [0, 0.1) is 0 Å². The van der Waals surface area contributed by atoms with Gasteiger partial charge in [0.05, 0.1) is 11.4 Å². The van der Waals surface area contributed by atoms with Crippen molar-refractivity contribution in [2.24, 2.45) is 0 Å². The zero-order valence-electron chi connectivity index (χ0n) is 33.4. The highest BCUT2D eigenvalue weighted by molar-refractivity contribution is 7.25. The van der Waals surface area contributed by atoms with Crippen LogP contribution in [0.4, 0.5) is 0 Å². The Kier molecular flexibility index (Phi) is 8.65. The number of nitrogens with zero attached hydrogens (tertiary/aromatic N) is 3. The van der Waals surface area contributed by atoms with Crippen LogP contribution in [0.15, 0.2) is 217 Å². The molecule has 62 heavy (non-hydrogen) atoms. The second-order valence-corrected chi connectivity index (χ2v) is 16.7. The minimum absolute atomic E-state index is 0.680. The van der Waals surface area contributed by atoms with Crippen molar-refractivity contribution in [3.63, 3.8) is 0 Å². The molecule has 12 aromatic rings. The van der Waals surface area contributed by atoms with E-state index in [1.54, 1.807) is 6.20 Å². The lowest BCUT2D eigenvalue weighted by Gasteiger charge is -2.12. The highest BCUT2D eigenvalue weighted by atomic mass is 32.1. The number of aromatic nitrogens is 3. The van der Waals surface area contributed by atoms with E-state index in [2.05, 4.69) is 175 Å². The molecule has 0 bridgehead atoms. The molecular formula is C57H35N3OS. The van der Waals surface area contributed by atoms with Crippen molar-refractivity contribution in [3.8, 4) is 78.4 Å². The molecule has 0 spiro atoms. The average molecular weight is 810 g/mol. The van der Waals surface area contributed by atoms with E-state index in [1.807, 2.05) is 47.9 Å². The molecule has 4 aromatic heterocycles. The fraction of sp³-hybridized carbons (Fsp3) is 0. The van der Waals surface area contributed by atoms with Gasteiger partial charge in [0.2, 0.25) is 0 Å². The topological polar surface area (TPSA) is 51.8 Å². The maximum atomic E-state index is 6.71. The number of benzene rings is 8. The van der Waals surface area contributed by atoms with Gasteiger partial charge in [-0.1, -0.05) is 164 Å². The second-order valence-electron chi connectivity index (χ2n) is 15.6. The molecule has 0 saturated heterocycles. The van der Waals surface area contributed by atoms with E-state index in [4.69, 9.17) is 14.4 Å². The molecule has 0 aliphatic heterocycles. The third kappa shape index (κ3) is 6.35. The predicted octanol–water partition coefficient (Wildman–Crippen LogP) is 15.8. The number of hydrogen-bond donors (Lipinski definition) is 0. The molecule has 12 rings (SSSR count). The van der Waals surface area contributed by atoms with Gasteiger partial charge in [-0.25, -0.2) is 9.97 Å². The molecule has 4 heterocycles. The number of rotatable bonds is 7. The van der Waals surface area contributed by atoms with Crippen LogP contribution in [0.5, 0.6) is 0 Å². The lowest BCUT2D eigenvalue weighted by atomic mass is 9.93. The van der Waals surface area contributed by atoms with Gasteiger partial charge in [-0.2, -0.15) is 0 Å². The second kappa shape index (κ2) is 14.9. The summed E-state index contributed by atoms with van der Waals surface area (Å²) in [5, 5.41) is 4.81. The van der Waals surface area contributed by atoms with Gasteiger partial charge in [0.1, 0.15) is 11.2 Å². The Bertz CT molecular complexity index is 3590. The number of hydrogen-bond acceptors (Lipinski definition) is 5. The van der Waals surface area contributed by atoms with E-state index >= 15 is 0 Å². The molecule has 0 radical (unpaired) electrons. The summed E-state index contributed by atoms with van der Waals surface area (Å²) in [6.07, 6.45) is 3.69. The summed E-state index contributed by atoms with van der Waals surface area (Å²) in [5.74, 6) is 0.680. The van der Waals surface area contributed by atoms with Crippen LogP contribution in [-0.4, -0.2) is 15.0 Å². The van der Waals surface area contributed by atoms with Crippen molar-refractivity contribution in [2.75, 3.05) is 0 Å². The Labute approximate surface area is 362 Å². The predicted molar refractivity (Wildman–Crippen MR) is 258 cm³/mol. The first-order chi connectivity index (χ1) is 30.7. The fourth-order valence-corrected chi connectivity index (χ4v) is 9.84. The number of fused-ring (bicyclic) bond motifs is 6. The van der Waals surface area contributed by atoms with Gasteiger partial charge in [-0.05, 0) is 75.3 Å². The normalized spacial score (nSPS) is 11.5. The number of furan rings is 1. The summed E-state index contributed by atoms with van der Waals surface area (Å²) in [5.41, 5.74) is 15.5. The van der Waals surface area contributed by atoms with Gasteiger partial charge in [0, 0.05) is 65.6 Å². The van der Waals surface area contributed by atoms with Crippen LogP contribution in [0.25, 0.3) is 121 Å². The van der Waals surface area contributed by atoms with E-state index in [0.717, 1.165) is 94.5 Å². The third-order valence-corrected chi connectivity index (χ3v) is 13.0. The first kappa shape index (κ1) is 35.9. The molecular weight excluding hydrogens is 775 g/mol. The van der Waals surface area contributed by atoms with E-state index in [1.165, 1.54) is 20.2 Å². The molecule has 5 heteroatoms. The van der Waals surface area contributed by atoms with E-state index in [-0.39, 0.29) is 0 Å². The minimum Gasteiger partial charge on any atom is -0.455 e. The van der Waals surface area contributed by atoms with Crippen LogP contribution in [0.2, 0.25) is 0 Å². The largest absolute Gasteiger partial charge is 0.455 e.